The van der Waals surface area contributed by atoms with Crippen LogP contribution in [0.5, 0.6) is 5.75 Å². The predicted molar refractivity (Wildman–Crippen MR) is 91.9 cm³/mol. The topological polar surface area (TPSA) is 41.6 Å². The maximum atomic E-state index is 12.9. The Labute approximate surface area is 139 Å². The third-order valence-electron chi connectivity index (χ3n) is 4.95. The molecular weight excluding hydrogens is 288 g/mol. The van der Waals surface area contributed by atoms with Crippen LogP contribution in [0.15, 0.2) is 24.3 Å². The summed E-state index contributed by atoms with van der Waals surface area (Å²) >= 11 is 0. The highest BCUT2D eigenvalue weighted by atomic mass is 16.5. The fourth-order valence-corrected chi connectivity index (χ4v) is 3.57. The first-order chi connectivity index (χ1) is 11.1. The molecule has 4 nitrogen and oxygen atoms in total. The van der Waals surface area contributed by atoms with Gasteiger partial charge in [0.15, 0.2) is 0 Å². The van der Waals surface area contributed by atoms with Gasteiger partial charge < -0.3 is 15.0 Å². The van der Waals surface area contributed by atoms with Crippen LogP contribution in [0, 0.1) is 5.92 Å². The molecule has 1 amide bonds. The van der Waals surface area contributed by atoms with Gasteiger partial charge in [-0.25, -0.2) is 0 Å². The lowest BCUT2D eigenvalue weighted by Crippen LogP contribution is -2.42. The maximum Gasteiger partial charge on any atom is 0.254 e. The van der Waals surface area contributed by atoms with Gasteiger partial charge in [0.2, 0.25) is 0 Å². The minimum absolute atomic E-state index is 0.176. The molecule has 1 aromatic rings. The molecule has 2 fully saturated rings. The van der Waals surface area contributed by atoms with E-state index in [1.165, 1.54) is 0 Å². The molecule has 0 aliphatic carbocycles. The highest BCUT2D eigenvalue weighted by Gasteiger charge is 2.38. The smallest absolute Gasteiger partial charge is 0.254 e. The first kappa shape index (κ1) is 16.3. The Morgan fingerprint density at radius 2 is 1.96 bits per heavy atom. The van der Waals surface area contributed by atoms with Crippen molar-refractivity contribution in [2.45, 2.75) is 51.6 Å². The lowest BCUT2D eigenvalue weighted by Gasteiger charge is -2.28. The van der Waals surface area contributed by atoms with Crippen LogP contribution in [-0.2, 0) is 0 Å². The summed E-state index contributed by atoms with van der Waals surface area (Å²) in [6, 6.07) is 8.42. The van der Waals surface area contributed by atoms with Crippen LogP contribution >= 0.6 is 0 Å². The molecule has 3 rings (SSSR count). The van der Waals surface area contributed by atoms with Gasteiger partial charge in [0.25, 0.3) is 5.91 Å². The number of fused-ring (bicyclic) bond motifs is 2. The molecule has 2 saturated heterocycles. The number of nitrogens with zero attached hydrogens (tertiary/aromatic N) is 1. The normalized spacial score (nSPS) is 23.9. The number of rotatable bonds is 5. The zero-order valence-corrected chi connectivity index (χ0v) is 14.3. The third kappa shape index (κ3) is 3.86. The van der Waals surface area contributed by atoms with E-state index in [1.807, 2.05) is 24.3 Å². The van der Waals surface area contributed by atoms with E-state index in [0.29, 0.717) is 18.0 Å². The van der Waals surface area contributed by atoms with Crippen LogP contribution in [0.2, 0.25) is 0 Å². The standard InChI is InChI=1S/C19H28N2O2/c1-14(2)10-12-23-18-7-3-15(4-8-18)19(22)21-16-5-6-17(21)13-20-11-9-16/h3-4,7-8,14,16-17,20H,5-6,9-13H2,1-2H3. The predicted octanol–water partition coefficient (Wildman–Crippen LogP) is 3.08. The molecule has 2 aliphatic rings. The van der Waals surface area contributed by atoms with Crippen molar-refractivity contribution in [2.24, 2.45) is 5.92 Å². The van der Waals surface area contributed by atoms with Gasteiger partial charge in [-0.15, -0.1) is 0 Å². The summed E-state index contributed by atoms with van der Waals surface area (Å²) in [5.74, 6) is 1.67. The number of carbonyl (C=O) groups excluding carboxylic acids is 1. The van der Waals surface area contributed by atoms with Gasteiger partial charge in [-0.05, 0) is 62.4 Å². The average Bonchev–Trinajstić information content (AvgIpc) is 2.80. The van der Waals surface area contributed by atoms with Crippen molar-refractivity contribution in [3.8, 4) is 5.75 Å². The Morgan fingerprint density at radius 1 is 1.22 bits per heavy atom. The van der Waals surface area contributed by atoms with Crippen LogP contribution in [0.25, 0.3) is 0 Å². The highest BCUT2D eigenvalue weighted by Crippen LogP contribution is 2.29. The van der Waals surface area contributed by atoms with Gasteiger partial charge in [0, 0.05) is 24.2 Å². The molecule has 2 atom stereocenters. The molecule has 0 saturated carbocycles. The van der Waals surface area contributed by atoms with E-state index >= 15 is 0 Å². The number of hydrogen-bond acceptors (Lipinski definition) is 3. The third-order valence-corrected chi connectivity index (χ3v) is 4.95. The zero-order chi connectivity index (χ0) is 16.2. The molecular formula is C19H28N2O2. The van der Waals surface area contributed by atoms with Crippen LogP contribution in [0.1, 0.15) is 49.9 Å². The quantitative estimate of drug-likeness (QED) is 0.907. The molecule has 0 radical (unpaired) electrons. The Kier molecular flexibility index (Phi) is 5.21. The van der Waals surface area contributed by atoms with Crippen molar-refractivity contribution < 1.29 is 9.53 Å². The van der Waals surface area contributed by atoms with E-state index in [4.69, 9.17) is 4.74 Å². The molecule has 4 heteroatoms. The summed E-state index contributed by atoms with van der Waals surface area (Å²) in [6.45, 7) is 7.06. The number of carbonyl (C=O) groups is 1. The van der Waals surface area contributed by atoms with Gasteiger partial charge in [0.05, 0.1) is 6.61 Å². The van der Waals surface area contributed by atoms with E-state index in [9.17, 15) is 4.79 Å². The Hall–Kier alpha value is -1.55. The summed E-state index contributed by atoms with van der Waals surface area (Å²) in [4.78, 5) is 15.0. The molecule has 2 bridgehead atoms. The average molecular weight is 316 g/mol. The van der Waals surface area contributed by atoms with Crippen LogP contribution in [0.4, 0.5) is 0 Å². The molecule has 0 spiro atoms. The van der Waals surface area contributed by atoms with Gasteiger partial charge >= 0.3 is 0 Å². The zero-order valence-electron chi connectivity index (χ0n) is 14.3. The van der Waals surface area contributed by atoms with E-state index < -0.39 is 0 Å². The van der Waals surface area contributed by atoms with E-state index in [-0.39, 0.29) is 5.91 Å². The lowest BCUT2D eigenvalue weighted by atomic mass is 10.1. The molecule has 1 aromatic carbocycles. The highest BCUT2D eigenvalue weighted by molar-refractivity contribution is 5.95. The molecule has 2 aliphatic heterocycles. The molecule has 0 aromatic heterocycles. The van der Waals surface area contributed by atoms with E-state index in [1.54, 1.807) is 0 Å². The summed E-state index contributed by atoms with van der Waals surface area (Å²) < 4.78 is 5.74. The summed E-state index contributed by atoms with van der Waals surface area (Å²) in [6.07, 6.45) is 4.39. The lowest BCUT2D eigenvalue weighted by molar-refractivity contribution is 0.0680. The number of amides is 1. The summed E-state index contributed by atoms with van der Waals surface area (Å²) in [5.41, 5.74) is 0.778. The van der Waals surface area contributed by atoms with Gasteiger partial charge in [-0.1, -0.05) is 13.8 Å². The SMILES string of the molecule is CC(C)CCOc1ccc(C(=O)N2C3CCNCC2CC3)cc1. The Morgan fingerprint density at radius 3 is 2.70 bits per heavy atom. The number of nitrogens with one attached hydrogen (secondary N) is 1. The summed E-state index contributed by atoms with van der Waals surface area (Å²) in [7, 11) is 0. The fraction of sp³-hybridized carbons (Fsp3) is 0.632. The molecule has 2 unspecified atom stereocenters. The van der Waals surface area contributed by atoms with Crippen molar-refractivity contribution in [1.29, 1.82) is 0 Å². The van der Waals surface area contributed by atoms with Crippen molar-refractivity contribution in [3.05, 3.63) is 29.8 Å². The monoisotopic (exact) mass is 316 g/mol. The van der Waals surface area contributed by atoms with Gasteiger partial charge in [-0.3, -0.25) is 4.79 Å². The second-order valence-corrected chi connectivity index (χ2v) is 7.15. The fourth-order valence-electron chi connectivity index (χ4n) is 3.57. The van der Waals surface area contributed by atoms with E-state index in [0.717, 1.165) is 56.7 Å². The number of ether oxygens (including phenoxy) is 1. The van der Waals surface area contributed by atoms with Gasteiger partial charge in [-0.2, -0.15) is 0 Å². The van der Waals surface area contributed by atoms with Crippen molar-refractivity contribution in [1.82, 2.24) is 10.2 Å². The summed E-state index contributed by atoms with van der Waals surface area (Å²) in [5, 5.41) is 3.44. The molecule has 23 heavy (non-hydrogen) atoms. The first-order valence-corrected chi connectivity index (χ1v) is 8.91. The number of hydrogen-bond donors (Lipinski definition) is 1. The second kappa shape index (κ2) is 7.35. The second-order valence-electron chi connectivity index (χ2n) is 7.15. The minimum Gasteiger partial charge on any atom is -0.494 e. The largest absolute Gasteiger partial charge is 0.494 e. The van der Waals surface area contributed by atoms with Crippen LogP contribution < -0.4 is 10.1 Å². The van der Waals surface area contributed by atoms with Crippen LogP contribution in [-0.4, -0.2) is 42.6 Å². The molecule has 2 heterocycles. The van der Waals surface area contributed by atoms with Crippen LogP contribution in [0.3, 0.4) is 0 Å². The van der Waals surface area contributed by atoms with Gasteiger partial charge in [0.1, 0.15) is 5.75 Å². The minimum atomic E-state index is 0.176. The van der Waals surface area contributed by atoms with Crippen molar-refractivity contribution in [3.63, 3.8) is 0 Å². The van der Waals surface area contributed by atoms with Crippen molar-refractivity contribution in [2.75, 3.05) is 19.7 Å². The maximum absolute atomic E-state index is 12.9. The molecule has 126 valence electrons. The number of benzene rings is 1. The first-order valence-electron chi connectivity index (χ1n) is 8.91. The Bertz CT molecular complexity index is 513. The molecule has 1 N–H and O–H groups in total. The Balaban J connectivity index is 1.63. The van der Waals surface area contributed by atoms with Crippen molar-refractivity contribution >= 4 is 5.91 Å². The van der Waals surface area contributed by atoms with E-state index in [2.05, 4.69) is 24.1 Å².